The summed E-state index contributed by atoms with van der Waals surface area (Å²) in [6, 6.07) is 4.69. The quantitative estimate of drug-likeness (QED) is 0.722. The molecule has 0 heterocycles. The molecule has 0 fully saturated rings. The van der Waals surface area contributed by atoms with E-state index in [1.54, 1.807) is 25.2 Å². The molecule has 0 saturated heterocycles. The van der Waals surface area contributed by atoms with E-state index in [0.717, 1.165) is 5.56 Å². The number of nitrogens with one attached hydrogen (secondary N) is 2. The van der Waals surface area contributed by atoms with Crippen LogP contribution in [0.2, 0.25) is 10.0 Å². The average Bonchev–Trinajstić information content (AvgIpc) is 2.22. The second-order valence-electron chi connectivity index (χ2n) is 3.28. The van der Waals surface area contributed by atoms with Crippen molar-refractivity contribution in [1.82, 2.24) is 10.9 Å². The number of rotatable bonds is 4. The van der Waals surface area contributed by atoms with Gasteiger partial charge in [0.15, 0.2) is 0 Å². The van der Waals surface area contributed by atoms with E-state index in [2.05, 4.69) is 10.9 Å². The topological polar surface area (TPSA) is 67.1 Å². The predicted octanol–water partition coefficient (Wildman–Crippen LogP) is 1.63. The minimum Gasteiger partial charge on any atom is -0.324 e. The summed E-state index contributed by atoms with van der Waals surface area (Å²) in [5.41, 5.74) is 11.6. The number of carbonyl (C=O) groups excluding carboxylic acids is 1. The number of carbonyl (C=O) groups is 1. The minimum absolute atomic E-state index is 0.179. The first-order chi connectivity index (χ1) is 7.54. The lowest BCUT2D eigenvalue weighted by atomic mass is 10.0. The Morgan fingerprint density at radius 3 is 2.69 bits per heavy atom. The van der Waals surface area contributed by atoms with Gasteiger partial charge >= 0.3 is 0 Å². The number of nitrogens with two attached hydrogens (primary N) is 1. The Morgan fingerprint density at radius 1 is 1.44 bits per heavy atom. The molecule has 6 heteroatoms. The summed E-state index contributed by atoms with van der Waals surface area (Å²) < 4.78 is 0. The number of hydrogen-bond acceptors (Lipinski definition) is 3. The zero-order chi connectivity index (χ0) is 12.1. The van der Waals surface area contributed by atoms with E-state index in [4.69, 9.17) is 28.9 Å². The number of hydrogen-bond donors (Lipinski definition) is 3. The Balaban J connectivity index is 2.69. The van der Waals surface area contributed by atoms with Gasteiger partial charge in [0, 0.05) is 19.5 Å². The highest BCUT2D eigenvalue weighted by atomic mass is 35.5. The van der Waals surface area contributed by atoms with Gasteiger partial charge in [-0.05, 0) is 17.7 Å². The highest BCUT2D eigenvalue weighted by molar-refractivity contribution is 6.42. The van der Waals surface area contributed by atoms with Crippen molar-refractivity contribution in [3.63, 3.8) is 0 Å². The molecule has 16 heavy (non-hydrogen) atoms. The zero-order valence-electron chi connectivity index (χ0n) is 8.76. The van der Waals surface area contributed by atoms with Gasteiger partial charge in [-0.15, -0.1) is 0 Å². The Morgan fingerprint density at radius 2 is 2.12 bits per heavy atom. The summed E-state index contributed by atoms with van der Waals surface area (Å²) >= 11 is 11.6. The van der Waals surface area contributed by atoms with Gasteiger partial charge in [-0.2, -0.15) is 0 Å². The van der Waals surface area contributed by atoms with Gasteiger partial charge in [0.1, 0.15) is 0 Å². The maximum atomic E-state index is 11.3. The molecule has 0 aliphatic heterocycles. The Kier molecular flexibility index (Phi) is 5.02. The summed E-state index contributed by atoms with van der Waals surface area (Å²) in [6.07, 6.45) is 0.179. The van der Waals surface area contributed by atoms with Crippen LogP contribution in [0.5, 0.6) is 0 Å². The van der Waals surface area contributed by atoms with Crippen LogP contribution in [0.25, 0.3) is 0 Å². The van der Waals surface area contributed by atoms with Crippen LogP contribution in [0.4, 0.5) is 0 Å². The predicted molar refractivity (Wildman–Crippen MR) is 65.2 cm³/mol. The first-order valence-electron chi connectivity index (χ1n) is 4.70. The molecule has 1 unspecified atom stereocenters. The molecule has 1 atom stereocenters. The van der Waals surface area contributed by atoms with Gasteiger partial charge in [0.2, 0.25) is 5.91 Å². The molecule has 0 bridgehead atoms. The SMILES string of the molecule is CNNC(=O)CC(N)c1ccc(Cl)c(Cl)c1. The van der Waals surface area contributed by atoms with E-state index >= 15 is 0 Å². The molecule has 0 spiro atoms. The maximum absolute atomic E-state index is 11.3. The van der Waals surface area contributed by atoms with Crippen molar-refractivity contribution in [2.24, 2.45) is 5.73 Å². The van der Waals surface area contributed by atoms with Gasteiger partial charge in [-0.1, -0.05) is 29.3 Å². The molecule has 0 aromatic heterocycles. The second kappa shape index (κ2) is 6.06. The van der Waals surface area contributed by atoms with Crippen molar-refractivity contribution in [2.75, 3.05) is 7.05 Å². The highest BCUT2D eigenvalue weighted by Crippen LogP contribution is 2.25. The standard InChI is InChI=1S/C10H13Cl2N3O/c1-14-15-10(16)5-9(13)6-2-3-7(11)8(12)4-6/h2-4,9,14H,5,13H2,1H3,(H,15,16). The number of amides is 1. The van der Waals surface area contributed by atoms with Crippen LogP contribution in [-0.2, 0) is 4.79 Å². The molecule has 0 radical (unpaired) electrons. The van der Waals surface area contributed by atoms with E-state index < -0.39 is 6.04 Å². The number of hydrazine groups is 1. The van der Waals surface area contributed by atoms with Gasteiger partial charge in [0.25, 0.3) is 0 Å². The molecule has 4 N–H and O–H groups in total. The molecular weight excluding hydrogens is 249 g/mol. The number of benzene rings is 1. The summed E-state index contributed by atoms with van der Waals surface area (Å²) in [6.45, 7) is 0. The largest absolute Gasteiger partial charge is 0.324 e. The van der Waals surface area contributed by atoms with Crippen LogP contribution >= 0.6 is 23.2 Å². The lowest BCUT2D eigenvalue weighted by Gasteiger charge is -2.12. The minimum atomic E-state index is -0.400. The molecule has 0 aliphatic carbocycles. The molecular formula is C10H13Cl2N3O. The summed E-state index contributed by atoms with van der Waals surface area (Å²) in [4.78, 5) is 11.3. The van der Waals surface area contributed by atoms with Crippen LogP contribution in [0, 0.1) is 0 Å². The molecule has 0 aliphatic rings. The van der Waals surface area contributed by atoms with Crippen molar-refractivity contribution in [3.05, 3.63) is 33.8 Å². The fourth-order valence-electron chi connectivity index (χ4n) is 1.25. The van der Waals surface area contributed by atoms with Gasteiger partial charge < -0.3 is 5.73 Å². The van der Waals surface area contributed by atoms with Crippen molar-refractivity contribution in [3.8, 4) is 0 Å². The first-order valence-corrected chi connectivity index (χ1v) is 5.46. The van der Waals surface area contributed by atoms with Crippen molar-refractivity contribution < 1.29 is 4.79 Å². The second-order valence-corrected chi connectivity index (χ2v) is 4.10. The van der Waals surface area contributed by atoms with E-state index in [0.29, 0.717) is 10.0 Å². The first kappa shape index (κ1) is 13.3. The summed E-state index contributed by atoms with van der Waals surface area (Å²) in [7, 11) is 1.61. The molecule has 4 nitrogen and oxygen atoms in total. The van der Waals surface area contributed by atoms with E-state index in [1.165, 1.54) is 0 Å². The summed E-state index contributed by atoms with van der Waals surface area (Å²) in [5.74, 6) is -0.180. The van der Waals surface area contributed by atoms with Crippen molar-refractivity contribution in [2.45, 2.75) is 12.5 Å². The molecule has 1 aromatic rings. The van der Waals surface area contributed by atoms with Crippen LogP contribution in [0.3, 0.4) is 0 Å². The van der Waals surface area contributed by atoms with Crippen LogP contribution in [-0.4, -0.2) is 13.0 Å². The van der Waals surface area contributed by atoms with E-state index in [-0.39, 0.29) is 12.3 Å². The third-order valence-electron chi connectivity index (χ3n) is 2.04. The lowest BCUT2D eigenvalue weighted by molar-refractivity contribution is -0.122. The van der Waals surface area contributed by atoms with Crippen LogP contribution in [0.15, 0.2) is 18.2 Å². The Labute approximate surface area is 104 Å². The maximum Gasteiger partial charge on any atom is 0.235 e. The molecule has 1 amide bonds. The van der Waals surface area contributed by atoms with E-state index in [1.807, 2.05) is 0 Å². The smallest absolute Gasteiger partial charge is 0.235 e. The molecule has 0 saturated carbocycles. The highest BCUT2D eigenvalue weighted by Gasteiger charge is 2.12. The Hall–Kier alpha value is -0.810. The number of halogens is 2. The van der Waals surface area contributed by atoms with Gasteiger partial charge in [0.05, 0.1) is 10.0 Å². The van der Waals surface area contributed by atoms with Crippen molar-refractivity contribution in [1.29, 1.82) is 0 Å². The monoisotopic (exact) mass is 261 g/mol. The molecule has 1 rings (SSSR count). The van der Waals surface area contributed by atoms with Crippen molar-refractivity contribution >= 4 is 29.1 Å². The normalized spacial score (nSPS) is 12.2. The average molecular weight is 262 g/mol. The fraction of sp³-hybridized carbons (Fsp3) is 0.300. The third kappa shape index (κ3) is 3.64. The third-order valence-corrected chi connectivity index (χ3v) is 2.78. The molecule has 1 aromatic carbocycles. The van der Waals surface area contributed by atoms with E-state index in [9.17, 15) is 4.79 Å². The zero-order valence-corrected chi connectivity index (χ0v) is 10.3. The van der Waals surface area contributed by atoms with Crippen LogP contribution in [0.1, 0.15) is 18.0 Å². The molecule has 88 valence electrons. The Bertz CT molecular complexity index is 384. The van der Waals surface area contributed by atoms with Gasteiger partial charge in [-0.25, -0.2) is 5.43 Å². The van der Waals surface area contributed by atoms with Gasteiger partial charge in [-0.3, -0.25) is 10.2 Å². The van der Waals surface area contributed by atoms with Crippen LogP contribution < -0.4 is 16.6 Å². The lowest BCUT2D eigenvalue weighted by Crippen LogP contribution is -2.36. The summed E-state index contributed by atoms with van der Waals surface area (Å²) in [5, 5.41) is 0.904. The fourth-order valence-corrected chi connectivity index (χ4v) is 1.56.